The molecule has 0 radical (unpaired) electrons. The fraction of sp³-hybridized carbons (Fsp3) is 0.381. The smallest absolute Gasteiger partial charge is 0.253 e. The van der Waals surface area contributed by atoms with Gasteiger partial charge in [-0.15, -0.1) is 0 Å². The molecule has 7 nitrogen and oxygen atoms in total. The van der Waals surface area contributed by atoms with Gasteiger partial charge in [0.1, 0.15) is 11.5 Å². The van der Waals surface area contributed by atoms with E-state index in [1.54, 1.807) is 62.6 Å². The van der Waals surface area contributed by atoms with Crippen LogP contribution in [0.15, 0.2) is 42.5 Å². The highest BCUT2D eigenvalue weighted by molar-refractivity contribution is 7.92. The Morgan fingerprint density at radius 1 is 1.10 bits per heavy atom. The number of rotatable bonds is 6. The largest absolute Gasteiger partial charge is 0.497 e. The molecule has 0 atom stereocenters. The third kappa shape index (κ3) is 4.64. The molecule has 2 aromatic carbocycles. The molecule has 3 rings (SSSR count). The third-order valence-corrected chi connectivity index (χ3v) is 6.84. The van der Waals surface area contributed by atoms with Gasteiger partial charge >= 0.3 is 0 Å². The van der Waals surface area contributed by atoms with Gasteiger partial charge in [-0.2, -0.15) is 0 Å². The van der Waals surface area contributed by atoms with Crippen molar-refractivity contribution in [2.75, 3.05) is 37.9 Å². The van der Waals surface area contributed by atoms with Crippen molar-refractivity contribution in [3.05, 3.63) is 53.6 Å². The number of benzene rings is 2. The summed E-state index contributed by atoms with van der Waals surface area (Å²) >= 11 is 0. The lowest BCUT2D eigenvalue weighted by Crippen LogP contribution is -2.38. The summed E-state index contributed by atoms with van der Waals surface area (Å²) in [6, 6.07) is 12.2. The second-order valence-corrected chi connectivity index (χ2v) is 9.00. The molecule has 2 aromatic rings. The second-order valence-electron chi connectivity index (χ2n) is 6.98. The second kappa shape index (κ2) is 8.73. The normalized spacial score (nSPS) is 15.6. The lowest BCUT2D eigenvalue weighted by molar-refractivity contribution is 0.0784. The molecule has 8 heteroatoms. The lowest BCUT2D eigenvalue weighted by Gasteiger charge is -2.28. The number of hydrogen-bond acceptors (Lipinski definition) is 5. The number of carbonyl (C=O) groups excluding carboxylic acids is 1. The molecule has 1 fully saturated rings. The first-order valence-corrected chi connectivity index (χ1v) is 11.0. The zero-order valence-electron chi connectivity index (χ0n) is 16.9. The van der Waals surface area contributed by atoms with Crippen LogP contribution in [0, 0.1) is 0 Å². The molecular formula is C21H26N2O5S. The maximum Gasteiger partial charge on any atom is 0.253 e. The fourth-order valence-electron chi connectivity index (χ4n) is 3.43. The molecule has 0 saturated carbocycles. The first-order valence-electron chi connectivity index (χ1n) is 9.42. The average Bonchev–Trinajstić information content (AvgIpc) is 2.72. The minimum atomic E-state index is -3.33. The quantitative estimate of drug-likeness (QED) is 0.721. The van der Waals surface area contributed by atoms with E-state index in [0.29, 0.717) is 42.3 Å². The number of carbonyl (C=O) groups is 1. The van der Waals surface area contributed by atoms with E-state index in [1.807, 2.05) is 6.07 Å². The molecule has 0 bridgehead atoms. The van der Waals surface area contributed by atoms with Crippen molar-refractivity contribution in [2.24, 2.45) is 0 Å². The standard InChI is InChI=1S/C21H26N2O5S/c1-22(15-17-14-19(27-2)9-10-20(17)28-3)21(24)16-7-6-8-18(13-16)23-11-4-5-12-29(23,25)26/h6-10,13-14H,4-5,11-12,15H2,1-3H3. The molecule has 0 spiro atoms. The maximum atomic E-state index is 13.0. The third-order valence-electron chi connectivity index (χ3n) is 4.97. The zero-order chi connectivity index (χ0) is 21.0. The average molecular weight is 419 g/mol. The Morgan fingerprint density at radius 2 is 1.90 bits per heavy atom. The van der Waals surface area contributed by atoms with Gasteiger partial charge in [0.05, 0.1) is 25.7 Å². The summed E-state index contributed by atoms with van der Waals surface area (Å²) in [6.45, 7) is 0.766. The van der Waals surface area contributed by atoms with Crippen LogP contribution in [0.1, 0.15) is 28.8 Å². The van der Waals surface area contributed by atoms with Crippen molar-refractivity contribution in [1.82, 2.24) is 4.90 Å². The van der Waals surface area contributed by atoms with Crippen LogP contribution in [0.5, 0.6) is 11.5 Å². The van der Waals surface area contributed by atoms with Crippen molar-refractivity contribution in [3.63, 3.8) is 0 Å². The first kappa shape index (κ1) is 21.0. The molecule has 1 aliphatic rings. The van der Waals surface area contributed by atoms with Crippen LogP contribution >= 0.6 is 0 Å². The fourth-order valence-corrected chi connectivity index (χ4v) is 5.06. The topological polar surface area (TPSA) is 76.2 Å². The van der Waals surface area contributed by atoms with E-state index in [9.17, 15) is 13.2 Å². The molecule has 1 amide bonds. The molecule has 1 saturated heterocycles. The Kier molecular flexibility index (Phi) is 6.32. The highest BCUT2D eigenvalue weighted by Crippen LogP contribution is 2.27. The number of sulfonamides is 1. The zero-order valence-corrected chi connectivity index (χ0v) is 17.7. The van der Waals surface area contributed by atoms with Crippen molar-refractivity contribution in [2.45, 2.75) is 19.4 Å². The van der Waals surface area contributed by atoms with Gasteiger partial charge in [0.25, 0.3) is 5.91 Å². The Bertz CT molecular complexity index is 990. The van der Waals surface area contributed by atoms with E-state index in [0.717, 1.165) is 12.0 Å². The van der Waals surface area contributed by atoms with Crippen LogP contribution in [0.2, 0.25) is 0 Å². The lowest BCUT2D eigenvalue weighted by atomic mass is 10.1. The number of ether oxygens (including phenoxy) is 2. The number of methoxy groups -OCH3 is 2. The van der Waals surface area contributed by atoms with Gasteiger partial charge in [0.2, 0.25) is 10.0 Å². The van der Waals surface area contributed by atoms with E-state index in [-0.39, 0.29) is 11.7 Å². The molecular weight excluding hydrogens is 392 g/mol. The van der Waals surface area contributed by atoms with Gasteiger partial charge in [-0.05, 0) is 49.2 Å². The van der Waals surface area contributed by atoms with Gasteiger partial charge in [-0.3, -0.25) is 9.10 Å². The Morgan fingerprint density at radius 3 is 2.59 bits per heavy atom. The van der Waals surface area contributed by atoms with Crippen molar-refractivity contribution in [1.29, 1.82) is 0 Å². The van der Waals surface area contributed by atoms with Crippen LogP contribution in [0.4, 0.5) is 5.69 Å². The number of nitrogens with zero attached hydrogens (tertiary/aromatic N) is 2. The summed E-state index contributed by atoms with van der Waals surface area (Å²) in [6.07, 6.45) is 1.48. The Balaban J connectivity index is 1.82. The van der Waals surface area contributed by atoms with E-state index in [1.165, 1.54) is 4.31 Å². The minimum Gasteiger partial charge on any atom is -0.497 e. The molecule has 1 aliphatic heterocycles. The molecule has 1 heterocycles. The molecule has 0 unspecified atom stereocenters. The van der Waals surface area contributed by atoms with Gasteiger partial charge in [-0.1, -0.05) is 6.07 Å². The predicted molar refractivity (Wildman–Crippen MR) is 112 cm³/mol. The van der Waals surface area contributed by atoms with Crippen LogP contribution in [0.25, 0.3) is 0 Å². The highest BCUT2D eigenvalue weighted by Gasteiger charge is 2.26. The number of anilines is 1. The Hall–Kier alpha value is -2.74. The predicted octanol–water partition coefficient (Wildman–Crippen LogP) is 2.91. The van der Waals surface area contributed by atoms with Gasteiger partial charge < -0.3 is 14.4 Å². The van der Waals surface area contributed by atoms with Crippen molar-refractivity contribution >= 4 is 21.6 Å². The summed E-state index contributed by atoms with van der Waals surface area (Å²) in [5.41, 5.74) is 1.79. The highest BCUT2D eigenvalue weighted by atomic mass is 32.2. The van der Waals surface area contributed by atoms with Crippen LogP contribution in [-0.2, 0) is 16.6 Å². The monoisotopic (exact) mass is 418 g/mol. The summed E-state index contributed by atoms with van der Waals surface area (Å²) in [5, 5.41) is 0. The molecule has 156 valence electrons. The maximum absolute atomic E-state index is 13.0. The van der Waals surface area contributed by atoms with Crippen molar-refractivity contribution in [3.8, 4) is 11.5 Å². The molecule has 0 aliphatic carbocycles. The van der Waals surface area contributed by atoms with Gasteiger partial charge in [-0.25, -0.2) is 8.42 Å². The SMILES string of the molecule is COc1ccc(OC)c(CN(C)C(=O)c2cccc(N3CCCCS3(=O)=O)c2)c1. The summed E-state index contributed by atoms with van der Waals surface area (Å²) < 4.78 is 36.8. The van der Waals surface area contributed by atoms with Crippen LogP contribution < -0.4 is 13.8 Å². The summed E-state index contributed by atoms with van der Waals surface area (Å²) in [4.78, 5) is 14.6. The minimum absolute atomic E-state index is 0.140. The van der Waals surface area contributed by atoms with Crippen molar-refractivity contribution < 1.29 is 22.7 Å². The number of amides is 1. The summed E-state index contributed by atoms with van der Waals surface area (Å²) in [7, 11) is 1.54. The van der Waals surface area contributed by atoms with Crippen LogP contribution in [-0.4, -0.2) is 52.8 Å². The summed E-state index contributed by atoms with van der Waals surface area (Å²) in [5.74, 6) is 1.28. The van der Waals surface area contributed by atoms with Gasteiger partial charge in [0, 0.05) is 31.3 Å². The molecule has 0 N–H and O–H groups in total. The van der Waals surface area contributed by atoms with E-state index < -0.39 is 10.0 Å². The number of hydrogen-bond donors (Lipinski definition) is 0. The molecule has 0 aromatic heterocycles. The first-order chi connectivity index (χ1) is 13.9. The Labute approximate surface area is 171 Å². The van der Waals surface area contributed by atoms with E-state index in [4.69, 9.17) is 9.47 Å². The molecule has 29 heavy (non-hydrogen) atoms. The van der Waals surface area contributed by atoms with Crippen LogP contribution in [0.3, 0.4) is 0 Å². The van der Waals surface area contributed by atoms with E-state index in [2.05, 4.69) is 0 Å². The van der Waals surface area contributed by atoms with Gasteiger partial charge in [0.15, 0.2) is 0 Å². The van der Waals surface area contributed by atoms with E-state index >= 15 is 0 Å².